The molecule has 1 amide bonds. The van der Waals surface area contributed by atoms with Crippen molar-refractivity contribution >= 4 is 11.7 Å². The molecule has 0 aliphatic carbocycles. The molecular formula is C19H30N4O. The van der Waals surface area contributed by atoms with Crippen LogP contribution in [0, 0.1) is 0 Å². The van der Waals surface area contributed by atoms with Crippen LogP contribution in [0.2, 0.25) is 0 Å². The van der Waals surface area contributed by atoms with Gasteiger partial charge in [-0.2, -0.15) is 0 Å². The summed E-state index contributed by atoms with van der Waals surface area (Å²) in [6.07, 6.45) is 6.46. The Bertz CT molecular complexity index is 555. The fourth-order valence-corrected chi connectivity index (χ4v) is 4.28. The summed E-state index contributed by atoms with van der Waals surface area (Å²) in [5.74, 6) is 1.10. The van der Waals surface area contributed by atoms with Gasteiger partial charge in [0.05, 0.1) is 5.56 Å². The second-order valence-corrected chi connectivity index (χ2v) is 6.98. The number of likely N-dealkylation sites (tertiary alicyclic amines) is 2. The fraction of sp³-hybridized carbons (Fsp3) is 0.684. The highest BCUT2D eigenvalue weighted by Crippen LogP contribution is 2.30. The zero-order valence-electron chi connectivity index (χ0n) is 15.2. The SMILES string of the molecule is CCN(CC)c1ccc(C(=O)N2CCC[C@H]2[C@@H]2CCCN2C)cn1. The molecule has 2 atom stereocenters. The van der Waals surface area contributed by atoms with Crippen molar-refractivity contribution in [1.29, 1.82) is 0 Å². The molecule has 1 aromatic heterocycles. The van der Waals surface area contributed by atoms with Crippen LogP contribution in [0.3, 0.4) is 0 Å². The number of amides is 1. The molecule has 24 heavy (non-hydrogen) atoms. The first-order valence-corrected chi connectivity index (χ1v) is 9.38. The van der Waals surface area contributed by atoms with Crippen molar-refractivity contribution < 1.29 is 4.79 Å². The Morgan fingerprint density at radius 2 is 1.88 bits per heavy atom. The van der Waals surface area contributed by atoms with E-state index in [1.165, 1.54) is 12.8 Å². The first-order valence-electron chi connectivity index (χ1n) is 9.38. The topological polar surface area (TPSA) is 39.7 Å². The number of anilines is 1. The Hall–Kier alpha value is -1.62. The van der Waals surface area contributed by atoms with Crippen molar-refractivity contribution in [3.63, 3.8) is 0 Å². The first kappa shape index (κ1) is 17.2. The molecule has 0 radical (unpaired) electrons. The van der Waals surface area contributed by atoms with Crippen LogP contribution < -0.4 is 4.90 Å². The fourth-order valence-electron chi connectivity index (χ4n) is 4.28. The summed E-state index contributed by atoms with van der Waals surface area (Å²) < 4.78 is 0. The number of pyridine rings is 1. The van der Waals surface area contributed by atoms with Crippen LogP contribution in [0.25, 0.3) is 0 Å². The van der Waals surface area contributed by atoms with E-state index in [4.69, 9.17) is 0 Å². The molecule has 3 heterocycles. The van der Waals surface area contributed by atoms with Gasteiger partial charge in [0, 0.05) is 37.9 Å². The van der Waals surface area contributed by atoms with E-state index in [0.29, 0.717) is 12.1 Å². The van der Waals surface area contributed by atoms with Crippen LogP contribution in [-0.2, 0) is 0 Å². The van der Waals surface area contributed by atoms with Gasteiger partial charge >= 0.3 is 0 Å². The molecule has 0 spiro atoms. The lowest BCUT2D eigenvalue weighted by atomic mass is 10.0. The highest BCUT2D eigenvalue weighted by Gasteiger charge is 2.38. The van der Waals surface area contributed by atoms with E-state index in [2.05, 4.69) is 40.6 Å². The van der Waals surface area contributed by atoms with Crippen LogP contribution in [0.15, 0.2) is 18.3 Å². The van der Waals surface area contributed by atoms with Gasteiger partial charge in [0.2, 0.25) is 0 Å². The molecule has 2 fully saturated rings. The standard InChI is InChI=1S/C19H30N4O/c1-4-22(5-2)18-11-10-15(14-20-18)19(24)23-13-7-9-17(23)16-8-6-12-21(16)3/h10-11,14,16-17H,4-9,12-13H2,1-3H3/t16-,17-/m0/s1. The number of carbonyl (C=O) groups is 1. The average Bonchev–Trinajstić information content (AvgIpc) is 3.24. The zero-order chi connectivity index (χ0) is 17.1. The highest BCUT2D eigenvalue weighted by atomic mass is 16.2. The smallest absolute Gasteiger partial charge is 0.255 e. The van der Waals surface area contributed by atoms with E-state index in [-0.39, 0.29) is 5.91 Å². The number of carbonyl (C=O) groups excluding carboxylic acids is 1. The highest BCUT2D eigenvalue weighted by molar-refractivity contribution is 5.94. The summed E-state index contributed by atoms with van der Waals surface area (Å²) in [6.45, 7) is 8.14. The van der Waals surface area contributed by atoms with Gasteiger partial charge in [-0.3, -0.25) is 4.79 Å². The van der Waals surface area contributed by atoms with Crippen molar-refractivity contribution in [3.8, 4) is 0 Å². The van der Waals surface area contributed by atoms with Gasteiger partial charge in [0.1, 0.15) is 5.82 Å². The van der Waals surface area contributed by atoms with Gasteiger partial charge in [-0.15, -0.1) is 0 Å². The second kappa shape index (κ2) is 7.51. The summed E-state index contributed by atoms with van der Waals surface area (Å²) in [5, 5.41) is 0. The molecule has 3 rings (SSSR count). The zero-order valence-corrected chi connectivity index (χ0v) is 15.2. The lowest BCUT2D eigenvalue weighted by Crippen LogP contribution is -2.47. The van der Waals surface area contributed by atoms with Crippen LogP contribution in [0.5, 0.6) is 0 Å². The minimum absolute atomic E-state index is 0.149. The maximum atomic E-state index is 13.0. The van der Waals surface area contributed by atoms with Gasteiger partial charge in [0.25, 0.3) is 5.91 Å². The van der Waals surface area contributed by atoms with E-state index in [1.54, 1.807) is 6.20 Å². The largest absolute Gasteiger partial charge is 0.357 e. The van der Waals surface area contributed by atoms with E-state index < -0.39 is 0 Å². The normalized spacial score (nSPS) is 24.5. The first-order chi connectivity index (χ1) is 11.7. The van der Waals surface area contributed by atoms with Crippen LogP contribution in [-0.4, -0.2) is 66.0 Å². The molecule has 2 saturated heterocycles. The monoisotopic (exact) mass is 330 g/mol. The molecule has 0 aromatic carbocycles. The van der Waals surface area contributed by atoms with Crippen molar-refractivity contribution in [2.24, 2.45) is 0 Å². The number of likely N-dealkylation sites (N-methyl/N-ethyl adjacent to an activating group) is 1. The van der Waals surface area contributed by atoms with Gasteiger partial charge in [-0.05, 0) is 65.3 Å². The average molecular weight is 330 g/mol. The molecule has 0 saturated carbocycles. The Labute approximate surface area is 145 Å². The minimum atomic E-state index is 0.149. The number of aromatic nitrogens is 1. The third-order valence-electron chi connectivity index (χ3n) is 5.66. The van der Waals surface area contributed by atoms with Crippen LogP contribution in [0.4, 0.5) is 5.82 Å². The van der Waals surface area contributed by atoms with Crippen molar-refractivity contribution in [3.05, 3.63) is 23.9 Å². The Morgan fingerprint density at radius 3 is 2.46 bits per heavy atom. The Kier molecular flexibility index (Phi) is 5.39. The molecule has 132 valence electrons. The van der Waals surface area contributed by atoms with Crippen molar-refractivity contribution in [2.45, 2.75) is 51.6 Å². The minimum Gasteiger partial charge on any atom is -0.357 e. The van der Waals surface area contributed by atoms with Gasteiger partial charge in [0.15, 0.2) is 0 Å². The summed E-state index contributed by atoms with van der Waals surface area (Å²) >= 11 is 0. The predicted molar refractivity (Wildman–Crippen MR) is 97.5 cm³/mol. The lowest BCUT2D eigenvalue weighted by molar-refractivity contribution is 0.0664. The molecule has 5 heteroatoms. The Morgan fingerprint density at radius 1 is 1.17 bits per heavy atom. The molecule has 0 N–H and O–H groups in total. The molecule has 2 aliphatic heterocycles. The van der Waals surface area contributed by atoms with E-state index in [0.717, 1.165) is 50.4 Å². The van der Waals surface area contributed by atoms with Crippen LogP contribution in [0.1, 0.15) is 49.9 Å². The summed E-state index contributed by atoms with van der Waals surface area (Å²) in [4.78, 5) is 24.2. The van der Waals surface area contributed by atoms with E-state index >= 15 is 0 Å². The predicted octanol–water partition coefficient (Wildman–Crippen LogP) is 2.63. The maximum Gasteiger partial charge on any atom is 0.255 e. The third-order valence-corrected chi connectivity index (χ3v) is 5.66. The Balaban J connectivity index is 1.73. The van der Waals surface area contributed by atoms with Crippen molar-refractivity contribution in [2.75, 3.05) is 38.1 Å². The second-order valence-electron chi connectivity index (χ2n) is 6.98. The number of hydrogen-bond donors (Lipinski definition) is 0. The number of rotatable bonds is 5. The van der Waals surface area contributed by atoms with Crippen LogP contribution >= 0.6 is 0 Å². The molecule has 5 nitrogen and oxygen atoms in total. The van der Waals surface area contributed by atoms with Crippen molar-refractivity contribution in [1.82, 2.24) is 14.8 Å². The third kappa shape index (κ3) is 3.27. The molecule has 1 aromatic rings. The number of nitrogens with zero attached hydrogens (tertiary/aromatic N) is 4. The summed E-state index contributed by atoms with van der Waals surface area (Å²) in [7, 11) is 2.19. The molecule has 0 unspecified atom stereocenters. The quantitative estimate of drug-likeness (QED) is 0.832. The van der Waals surface area contributed by atoms with E-state index in [1.807, 2.05) is 12.1 Å². The summed E-state index contributed by atoms with van der Waals surface area (Å²) in [6, 6.07) is 4.82. The molecule has 0 bridgehead atoms. The molecule has 2 aliphatic rings. The maximum absolute atomic E-state index is 13.0. The molecular weight excluding hydrogens is 300 g/mol. The summed E-state index contributed by atoms with van der Waals surface area (Å²) in [5.41, 5.74) is 0.721. The lowest BCUT2D eigenvalue weighted by Gasteiger charge is -2.33. The van der Waals surface area contributed by atoms with E-state index in [9.17, 15) is 4.79 Å². The van der Waals surface area contributed by atoms with Gasteiger partial charge < -0.3 is 14.7 Å². The van der Waals surface area contributed by atoms with Gasteiger partial charge in [-0.25, -0.2) is 4.98 Å². The van der Waals surface area contributed by atoms with Gasteiger partial charge in [-0.1, -0.05) is 0 Å². The number of hydrogen-bond acceptors (Lipinski definition) is 4.